The molecule has 0 atom stereocenters. The number of carbonyl (C=O) groups is 1. The van der Waals surface area contributed by atoms with Crippen molar-refractivity contribution in [2.45, 2.75) is 27.3 Å². The van der Waals surface area contributed by atoms with Gasteiger partial charge in [-0.2, -0.15) is 0 Å². The first kappa shape index (κ1) is 12.4. The van der Waals surface area contributed by atoms with Crippen LogP contribution in [0.1, 0.15) is 24.3 Å². The molecule has 0 spiro atoms. The summed E-state index contributed by atoms with van der Waals surface area (Å²) in [5, 5.41) is 11.6. The van der Waals surface area contributed by atoms with Crippen LogP contribution in [0.2, 0.25) is 0 Å². The first-order valence-electron chi connectivity index (χ1n) is 5.02. The SMILES string of the molecule is CC(=CC(=O)O)CNCc1nc(C)c(C)o1. The third-order valence-corrected chi connectivity index (χ3v) is 2.12. The molecule has 5 nitrogen and oxygen atoms in total. The summed E-state index contributed by atoms with van der Waals surface area (Å²) in [6, 6.07) is 0. The van der Waals surface area contributed by atoms with E-state index in [9.17, 15) is 4.79 Å². The number of rotatable bonds is 5. The van der Waals surface area contributed by atoms with Gasteiger partial charge in [0.15, 0.2) is 0 Å². The van der Waals surface area contributed by atoms with Gasteiger partial charge >= 0.3 is 5.97 Å². The summed E-state index contributed by atoms with van der Waals surface area (Å²) in [6.07, 6.45) is 1.18. The predicted octanol–water partition coefficient (Wildman–Crippen LogP) is 1.41. The first-order valence-corrected chi connectivity index (χ1v) is 5.02. The zero-order valence-corrected chi connectivity index (χ0v) is 9.70. The maximum Gasteiger partial charge on any atom is 0.328 e. The van der Waals surface area contributed by atoms with Crippen LogP contribution in [0.3, 0.4) is 0 Å². The topological polar surface area (TPSA) is 75.4 Å². The summed E-state index contributed by atoms with van der Waals surface area (Å²) in [7, 11) is 0. The van der Waals surface area contributed by atoms with E-state index in [1.807, 2.05) is 13.8 Å². The number of nitrogens with zero attached hydrogens (tertiary/aromatic N) is 1. The van der Waals surface area contributed by atoms with Crippen molar-refractivity contribution < 1.29 is 14.3 Å². The van der Waals surface area contributed by atoms with Gasteiger partial charge in [-0.3, -0.25) is 0 Å². The summed E-state index contributed by atoms with van der Waals surface area (Å²) in [5.41, 5.74) is 1.64. The van der Waals surface area contributed by atoms with E-state index in [1.165, 1.54) is 6.08 Å². The number of hydrogen-bond acceptors (Lipinski definition) is 4. The van der Waals surface area contributed by atoms with Crippen LogP contribution in [0.15, 0.2) is 16.1 Å². The zero-order valence-electron chi connectivity index (χ0n) is 9.70. The van der Waals surface area contributed by atoms with Gasteiger partial charge in [0.05, 0.1) is 12.2 Å². The average molecular weight is 224 g/mol. The Hall–Kier alpha value is -1.62. The Bertz CT molecular complexity index is 388. The number of aromatic nitrogens is 1. The van der Waals surface area contributed by atoms with Crippen LogP contribution < -0.4 is 5.32 Å². The monoisotopic (exact) mass is 224 g/mol. The molecule has 0 unspecified atom stereocenters. The van der Waals surface area contributed by atoms with Crippen LogP contribution in [0.5, 0.6) is 0 Å². The standard InChI is InChI=1S/C11H16N2O3/c1-7(4-11(14)15)5-12-6-10-13-8(2)9(3)16-10/h4,12H,5-6H2,1-3H3,(H,14,15). The molecule has 5 heteroatoms. The average Bonchev–Trinajstić information content (AvgIpc) is 2.44. The molecular weight excluding hydrogens is 208 g/mol. The van der Waals surface area contributed by atoms with E-state index in [-0.39, 0.29) is 0 Å². The molecule has 0 saturated carbocycles. The van der Waals surface area contributed by atoms with Gasteiger partial charge in [-0.15, -0.1) is 0 Å². The van der Waals surface area contributed by atoms with Crippen LogP contribution in [0.4, 0.5) is 0 Å². The second-order valence-electron chi connectivity index (χ2n) is 3.68. The predicted molar refractivity (Wildman–Crippen MR) is 59.1 cm³/mol. The van der Waals surface area contributed by atoms with Gasteiger partial charge in [-0.25, -0.2) is 9.78 Å². The fraction of sp³-hybridized carbons (Fsp3) is 0.455. The molecule has 1 heterocycles. The van der Waals surface area contributed by atoms with Crippen molar-refractivity contribution in [3.8, 4) is 0 Å². The number of nitrogens with one attached hydrogen (secondary N) is 1. The van der Waals surface area contributed by atoms with Gasteiger partial charge in [0, 0.05) is 12.6 Å². The highest BCUT2D eigenvalue weighted by molar-refractivity contribution is 5.80. The van der Waals surface area contributed by atoms with Gasteiger partial charge in [-0.05, 0) is 20.8 Å². The highest BCUT2D eigenvalue weighted by Crippen LogP contribution is 2.07. The molecule has 0 amide bonds. The number of aliphatic carboxylic acids is 1. The molecule has 1 aromatic heterocycles. The molecule has 88 valence electrons. The van der Waals surface area contributed by atoms with Gasteiger partial charge in [0.1, 0.15) is 5.76 Å². The third kappa shape index (κ3) is 3.86. The summed E-state index contributed by atoms with van der Waals surface area (Å²) in [6.45, 7) is 6.51. The van der Waals surface area contributed by atoms with Crippen molar-refractivity contribution in [3.05, 3.63) is 29.0 Å². The van der Waals surface area contributed by atoms with Gasteiger partial charge < -0.3 is 14.8 Å². The highest BCUT2D eigenvalue weighted by atomic mass is 16.4. The van der Waals surface area contributed by atoms with E-state index in [1.54, 1.807) is 6.92 Å². The lowest BCUT2D eigenvalue weighted by atomic mass is 10.3. The fourth-order valence-electron chi connectivity index (χ4n) is 1.24. The van der Waals surface area contributed by atoms with E-state index in [0.717, 1.165) is 17.0 Å². The molecule has 0 saturated heterocycles. The van der Waals surface area contributed by atoms with Crippen molar-refractivity contribution in [2.75, 3.05) is 6.54 Å². The van der Waals surface area contributed by atoms with Gasteiger partial charge in [0.25, 0.3) is 0 Å². The molecule has 0 fully saturated rings. The second kappa shape index (κ2) is 5.46. The Morgan fingerprint density at radius 2 is 2.25 bits per heavy atom. The van der Waals surface area contributed by atoms with E-state index < -0.39 is 5.97 Å². The summed E-state index contributed by atoms with van der Waals surface area (Å²) in [4.78, 5) is 14.6. The maximum atomic E-state index is 10.4. The minimum Gasteiger partial charge on any atom is -0.478 e. The molecule has 0 bridgehead atoms. The number of carboxylic acids is 1. The van der Waals surface area contributed by atoms with Crippen LogP contribution in [0.25, 0.3) is 0 Å². The van der Waals surface area contributed by atoms with Gasteiger partial charge in [0.2, 0.25) is 5.89 Å². The highest BCUT2D eigenvalue weighted by Gasteiger charge is 2.04. The zero-order chi connectivity index (χ0) is 12.1. The quantitative estimate of drug-likeness (QED) is 0.740. The second-order valence-corrected chi connectivity index (χ2v) is 3.68. The normalized spacial score (nSPS) is 11.8. The number of carboxylic acid groups (broad SMARTS) is 1. The van der Waals surface area contributed by atoms with Crippen molar-refractivity contribution in [2.24, 2.45) is 0 Å². The van der Waals surface area contributed by atoms with E-state index >= 15 is 0 Å². The van der Waals surface area contributed by atoms with Crippen LogP contribution in [-0.2, 0) is 11.3 Å². The summed E-state index contributed by atoms with van der Waals surface area (Å²) < 4.78 is 5.37. The van der Waals surface area contributed by atoms with Crippen LogP contribution in [-0.4, -0.2) is 22.6 Å². The van der Waals surface area contributed by atoms with Gasteiger partial charge in [-0.1, -0.05) is 5.57 Å². The molecule has 0 radical (unpaired) electrons. The minimum atomic E-state index is -0.929. The molecule has 2 N–H and O–H groups in total. The molecule has 16 heavy (non-hydrogen) atoms. The molecule has 0 aliphatic carbocycles. The smallest absolute Gasteiger partial charge is 0.328 e. The van der Waals surface area contributed by atoms with E-state index in [2.05, 4.69) is 10.3 Å². The first-order chi connectivity index (χ1) is 7.49. The van der Waals surface area contributed by atoms with Crippen LogP contribution in [0, 0.1) is 13.8 Å². The number of aryl methyl sites for hydroxylation is 2. The van der Waals surface area contributed by atoms with Crippen molar-refractivity contribution >= 4 is 5.97 Å². The van der Waals surface area contributed by atoms with Crippen molar-refractivity contribution in [1.29, 1.82) is 0 Å². The summed E-state index contributed by atoms with van der Waals surface area (Å²) >= 11 is 0. The lowest BCUT2D eigenvalue weighted by Gasteiger charge is -2.01. The Morgan fingerprint density at radius 3 is 2.75 bits per heavy atom. The Balaban J connectivity index is 2.39. The molecular formula is C11H16N2O3. The van der Waals surface area contributed by atoms with E-state index in [4.69, 9.17) is 9.52 Å². The lowest BCUT2D eigenvalue weighted by Crippen LogP contribution is -2.16. The molecule has 1 rings (SSSR count). The Morgan fingerprint density at radius 1 is 1.56 bits per heavy atom. The maximum absolute atomic E-state index is 10.4. The Kier molecular flexibility index (Phi) is 4.25. The van der Waals surface area contributed by atoms with E-state index in [0.29, 0.717) is 19.0 Å². The lowest BCUT2D eigenvalue weighted by molar-refractivity contribution is -0.131. The van der Waals surface area contributed by atoms with Crippen LogP contribution >= 0.6 is 0 Å². The third-order valence-electron chi connectivity index (χ3n) is 2.12. The fourth-order valence-corrected chi connectivity index (χ4v) is 1.24. The number of hydrogen-bond donors (Lipinski definition) is 2. The molecule has 0 aromatic carbocycles. The minimum absolute atomic E-state index is 0.499. The summed E-state index contributed by atoms with van der Waals surface area (Å²) in [5.74, 6) is 0.509. The van der Waals surface area contributed by atoms with Crippen molar-refractivity contribution in [3.63, 3.8) is 0 Å². The Labute approximate surface area is 94.2 Å². The molecule has 0 aliphatic heterocycles. The molecule has 0 aliphatic rings. The molecule has 1 aromatic rings. The van der Waals surface area contributed by atoms with Crippen molar-refractivity contribution in [1.82, 2.24) is 10.3 Å². The number of oxazole rings is 1. The largest absolute Gasteiger partial charge is 0.478 e.